The minimum atomic E-state index is -0.556. The van der Waals surface area contributed by atoms with E-state index < -0.39 is 10.8 Å². The van der Waals surface area contributed by atoms with E-state index in [1.165, 1.54) is 50.1 Å². The average molecular weight is 651 g/mol. The molecule has 0 spiro atoms. The number of hydrogen-bond donors (Lipinski definition) is 0. The Morgan fingerprint density at radius 1 is 0.275 bits per heavy atom. The molecule has 0 unspecified atom stereocenters. The third-order valence-electron chi connectivity index (χ3n) is 11.1. The summed E-state index contributed by atoms with van der Waals surface area (Å²) in [7, 11) is 0. The van der Waals surface area contributed by atoms with Gasteiger partial charge in [-0.1, -0.05) is 194 Å². The smallest absolute Gasteiger partial charge is 0.132 e. The Hall–Kier alpha value is -6.44. The van der Waals surface area contributed by atoms with Crippen LogP contribution in [0.1, 0.15) is 44.5 Å². The predicted molar refractivity (Wildman–Crippen MR) is 208 cm³/mol. The molecule has 8 aromatic rings. The molecule has 8 aromatic carbocycles. The van der Waals surface area contributed by atoms with E-state index >= 15 is 0 Å². The summed E-state index contributed by atoms with van der Waals surface area (Å²) in [4.78, 5) is 0. The summed E-state index contributed by atoms with van der Waals surface area (Å²) >= 11 is 0. The monoisotopic (exact) mass is 650 g/mol. The van der Waals surface area contributed by atoms with Crippen molar-refractivity contribution in [2.45, 2.75) is 10.8 Å². The van der Waals surface area contributed by atoms with Gasteiger partial charge in [-0.3, -0.25) is 0 Å². The second-order valence-electron chi connectivity index (χ2n) is 13.5. The van der Waals surface area contributed by atoms with Crippen LogP contribution in [0.2, 0.25) is 0 Å². The van der Waals surface area contributed by atoms with Gasteiger partial charge >= 0.3 is 0 Å². The Bertz CT molecular complexity index is 2460. The molecular formula is C50H34O. The van der Waals surface area contributed by atoms with Crippen LogP contribution >= 0.6 is 0 Å². The molecule has 10 rings (SSSR count). The maximum absolute atomic E-state index is 6.93. The zero-order valence-electron chi connectivity index (χ0n) is 28.0. The van der Waals surface area contributed by atoms with Crippen LogP contribution in [0.25, 0.3) is 22.3 Å². The van der Waals surface area contributed by atoms with Gasteiger partial charge in [0.2, 0.25) is 0 Å². The maximum Gasteiger partial charge on any atom is 0.132 e. The van der Waals surface area contributed by atoms with Crippen LogP contribution in [0.15, 0.2) is 206 Å². The van der Waals surface area contributed by atoms with Gasteiger partial charge in [0.05, 0.1) is 10.8 Å². The fourth-order valence-corrected chi connectivity index (χ4v) is 9.12. The maximum atomic E-state index is 6.93. The lowest BCUT2D eigenvalue weighted by Gasteiger charge is -2.41. The summed E-state index contributed by atoms with van der Waals surface area (Å²) in [6.45, 7) is 0. The molecule has 1 nitrogen and oxygen atoms in total. The molecule has 240 valence electrons. The van der Waals surface area contributed by atoms with Gasteiger partial charge in [0.1, 0.15) is 11.5 Å². The highest BCUT2D eigenvalue weighted by Crippen LogP contribution is 2.59. The van der Waals surface area contributed by atoms with Gasteiger partial charge in [-0.2, -0.15) is 0 Å². The van der Waals surface area contributed by atoms with Crippen molar-refractivity contribution in [1.29, 1.82) is 0 Å². The van der Waals surface area contributed by atoms with Gasteiger partial charge in [0, 0.05) is 11.1 Å². The van der Waals surface area contributed by atoms with Crippen LogP contribution in [0.5, 0.6) is 11.5 Å². The summed E-state index contributed by atoms with van der Waals surface area (Å²) in [5.74, 6) is 1.75. The molecule has 0 bridgehead atoms. The third kappa shape index (κ3) is 4.16. The molecule has 1 heterocycles. The Morgan fingerprint density at radius 2 is 0.667 bits per heavy atom. The summed E-state index contributed by atoms with van der Waals surface area (Å²) in [6.07, 6.45) is 0. The summed E-state index contributed by atoms with van der Waals surface area (Å²) in [5, 5.41) is 0. The van der Waals surface area contributed by atoms with E-state index in [1.54, 1.807) is 0 Å². The number of fused-ring (bicyclic) bond motifs is 5. The Morgan fingerprint density at radius 3 is 1.22 bits per heavy atom. The van der Waals surface area contributed by atoms with Gasteiger partial charge < -0.3 is 4.74 Å². The van der Waals surface area contributed by atoms with Crippen molar-refractivity contribution in [3.63, 3.8) is 0 Å². The first-order valence-corrected chi connectivity index (χ1v) is 17.7. The molecule has 0 saturated heterocycles. The van der Waals surface area contributed by atoms with Crippen LogP contribution in [0.3, 0.4) is 0 Å². The van der Waals surface area contributed by atoms with Crippen molar-refractivity contribution < 1.29 is 4.74 Å². The fourth-order valence-electron chi connectivity index (χ4n) is 9.12. The second-order valence-corrected chi connectivity index (χ2v) is 13.5. The molecule has 0 radical (unpaired) electrons. The number of para-hydroxylation sites is 1. The number of benzene rings is 8. The molecule has 0 saturated carbocycles. The van der Waals surface area contributed by atoms with Crippen molar-refractivity contribution in [3.05, 3.63) is 251 Å². The first-order chi connectivity index (χ1) is 25.3. The van der Waals surface area contributed by atoms with Crippen LogP contribution < -0.4 is 4.74 Å². The first-order valence-electron chi connectivity index (χ1n) is 17.7. The zero-order chi connectivity index (χ0) is 33.8. The van der Waals surface area contributed by atoms with Crippen molar-refractivity contribution in [3.8, 4) is 33.8 Å². The minimum Gasteiger partial charge on any atom is -0.457 e. The quantitative estimate of drug-likeness (QED) is 0.180. The highest BCUT2D eigenvalue weighted by atomic mass is 16.5. The molecule has 0 amide bonds. The van der Waals surface area contributed by atoms with E-state index in [9.17, 15) is 0 Å². The Balaban J connectivity index is 1.25. The average Bonchev–Trinajstić information content (AvgIpc) is 3.52. The van der Waals surface area contributed by atoms with E-state index in [2.05, 4.69) is 206 Å². The van der Waals surface area contributed by atoms with Crippen LogP contribution in [-0.2, 0) is 10.8 Å². The normalized spacial score (nSPS) is 14.4. The molecule has 0 atom stereocenters. The molecule has 0 fully saturated rings. The predicted octanol–water partition coefficient (Wildman–Crippen LogP) is 12.2. The van der Waals surface area contributed by atoms with Crippen molar-refractivity contribution in [2.75, 3.05) is 0 Å². The van der Waals surface area contributed by atoms with Gasteiger partial charge in [0.25, 0.3) is 0 Å². The fraction of sp³-hybridized carbons (Fsp3) is 0.0400. The summed E-state index contributed by atoms with van der Waals surface area (Å²) in [5.41, 5.74) is 13.6. The van der Waals surface area contributed by atoms with Crippen molar-refractivity contribution in [2.24, 2.45) is 0 Å². The zero-order valence-corrected chi connectivity index (χ0v) is 28.0. The van der Waals surface area contributed by atoms with Crippen LogP contribution in [-0.4, -0.2) is 0 Å². The van der Waals surface area contributed by atoms with Crippen LogP contribution in [0, 0.1) is 0 Å². The number of hydrogen-bond acceptors (Lipinski definition) is 1. The molecular weight excluding hydrogens is 617 g/mol. The van der Waals surface area contributed by atoms with Crippen molar-refractivity contribution in [1.82, 2.24) is 0 Å². The van der Waals surface area contributed by atoms with Gasteiger partial charge in [-0.05, 0) is 67.8 Å². The van der Waals surface area contributed by atoms with E-state index in [0.29, 0.717) is 0 Å². The minimum absolute atomic E-state index is 0.508. The first kappa shape index (κ1) is 29.5. The molecule has 1 heteroatoms. The third-order valence-corrected chi connectivity index (χ3v) is 11.1. The SMILES string of the molecule is c1ccc(C2(c3ccccc3)c3ccccc3Oc3cc(-c4ccccc4C4(c5ccccc5)c5ccccc5-c5ccccc54)ccc32)cc1. The highest BCUT2D eigenvalue weighted by Gasteiger charge is 2.48. The molecule has 51 heavy (non-hydrogen) atoms. The van der Waals surface area contributed by atoms with E-state index in [0.717, 1.165) is 28.2 Å². The van der Waals surface area contributed by atoms with Gasteiger partial charge in [-0.15, -0.1) is 0 Å². The Labute approximate surface area is 299 Å². The second kappa shape index (κ2) is 11.6. The highest BCUT2D eigenvalue weighted by molar-refractivity contribution is 5.89. The molecule has 0 aromatic heterocycles. The number of rotatable bonds is 5. The van der Waals surface area contributed by atoms with E-state index in [-0.39, 0.29) is 0 Å². The topological polar surface area (TPSA) is 9.23 Å². The Kier molecular flexibility index (Phi) is 6.69. The number of ether oxygens (including phenoxy) is 1. The van der Waals surface area contributed by atoms with Crippen molar-refractivity contribution >= 4 is 0 Å². The molecule has 0 N–H and O–H groups in total. The van der Waals surface area contributed by atoms with E-state index in [4.69, 9.17) is 4.74 Å². The molecule has 2 aliphatic rings. The van der Waals surface area contributed by atoms with Gasteiger partial charge in [0.15, 0.2) is 0 Å². The standard InChI is InChI=1S/C50H34O/c1-4-18-36(19-5-1)49(37-20-6-2-7-21-37)45-30-16-17-31-47(45)51-48-34-35(32-33-46(48)49)39-24-10-13-27-42(39)50(38-22-8-3-9-23-38)43-28-14-11-25-40(43)41-26-12-15-29-44(41)50/h1-34H. The summed E-state index contributed by atoms with van der Waals surface area (Å²) in [6, 6.07) is 75.0. The lowest BCUT2D eigenvalue weighted by atomic mass is 9.63. The summed E-state index contributed by atoms with van der Waals surface area (Å²) < 4.78 is 6.93. The van der Waals surface area contributed by atoms with E-state index in [1.807, 2.05) is 0 Å². The lowest BCUT2D eigenvalue weighted by molar-refractivity contribution is 0.434. The molecule has 1 aliphatic heterocycles. The van der Waals surface area contributed by atoms with Crippen LogP contribution in [0.4, 0.5) is 0 Å². The lowest BCUT2D eigenvalue weighted by Crippen LogP contribution is -2.34. The molecule has 1 aliphatic carbocycles. The largest absolute Gasteiger partial charge is 0.457 e. The van der Waals surface area contributed by atoms with Gasteiger partial charge in [-0.25, -0.2) is 0 Å².